The van der Waals surface area contributed by atoms with Crippen molar-refractivity contribution in [2.75, 3.05) is 18.0 Å². The molecular formula is C20H18ClN3O2. The van der Waals surface area contributed by atoms with E-state index in [0.29, 0.717) is 35.8 Å². The van der Waals surface area contributed by atoms with Gasteiger partial charge in [-0.3, -0.25) is 9.59 Å². The van der Waals surface area contributed by atoms with Gasteiger partial charge in [0.25, 0.3) is 0 Å². The van der Waals surface area contributed by atoms with Gasteiger partial charge in [0.1, 0.15) is 0 Å². The monoisotopic (exact) mass is 367 g/mol. The van der Waals surface area contributed by atoms with E-state index in [1.54, 1.807) is 29.2 Å². The van der Waals surface area contributed by atoms with E-state index < -0.39 is 0 Å². The van der Waals surface area contributed by atoms with Crippen LogP contribution in [0.4, 0.5) is 5.69 Å². The summed E-state index contributed by atoms with van der Waals surface area (Å²) < 4.78 is 0. The summed E-state index contributed by atoms with van der Waals surface area (Å²) in [6.07, 6.45) is 0.862. The third-order valence-electron chi connectivity index (χ3n) is 4.38. The normalized spacial score (nSPS) is 16.4. The molecule has 1 fully saturated rings. The Balaban J connectivity index is 1.56. The van der Waals surface area contributed by atoms with Crippen LogP contribution < -0.4 is 10.2 Å². The molecule has 1 aliphatic heterocycles. The molecule has 1 atom stereocenters. The van der Waals surface area contributed by atoms with E-state index in [-0.39, 0.29) is 24.2 Å². The number of carbonyl (C=O) groups is 2. The summed E-state index contributed by atoms with van der Waals surface area (Å²) in [6.45, 7) is 0.824. The number of halogens is 1. The van der Waals surface area contributed by atoms with Crippen molar-refractivity contribution in [3.8, 4) is 6.07 Å². The average Bonchev–Trinajstić information content (AvgIpc) is 3.04. The summed E-state index contributed by atoms with van der Waals surface area (Å²) in [4.78, 5) is 26.2. The van der Waals surface area contributed by atoms with Crippen LogP contribution in [0, 0.1) is 17.2 Å². The smallest absolute Gasteiger partial charge is 0.227 e. The lowest BCUT2D eigenvalue weighted by molar-refractivity contribution is -0.126. The summed E-state index contributed by atoms with van der Waals surface area (Å²) in [7, 11) is 0. The highest BCUT2D eigenvalue weighted by Gasteiger charge is 2.35. The molecule has 1 aliphatic rings. The molecule has 0 saturated carbocycles. The Kier molecular flexibility index (Phi) is 5.55. The molecule has 0 radical (unpaired) electrons. The molecule has 0 spiro atoms. The molecule has 0 bridgehead atoms. The van der Waals surface area contributed by atoms with Gasteiger partial charge in [0.2, 0.25) is 11.8 Å². The van der Waals surface area contributed by atoms with Gasteiger partial charge >= 0.3 is 0 Å². The average molecular weight is 368 g/mol. The summed E-state index contributed by atoms with van der Waals surface area (Å²) in [6, 6.07) is 16.4. The maximum atomic E-state index is 12.4. The van der Waals surface area contributed by atoms with E-state index in [9.17, 15) is 9.59 Å². The number of rotatable bonds is 5. The molecule has 6 heteroatoms. The zero-order valence-electron chi connectivity index (χ0n) is 14.1. The van der Waals surface area contributed by atoms with E-state index in [1.807, 2.05) is 24.3 Å². The Morgan fingerprint density at radius 2 is 2.08 bits per heavy atom. The third-order valence-corrected chi connectivity index (χ3v) is 4.62. The van der Waals surface area contributed by atoms with E-state index in [2.05, 4.69) is 11.4 Å². The summed E-state index contributed by atoms with van der Waals surface area (Å²) in [5.74, 6) is -0.609. The van der Waals surface area contributed by atoms with Crippen LogP contribution in [0.3, 0.4) is 0 Å². The zero-order valence-corrected chi connectivity index (χ0v) is 14.9. The van der Waals surface area contributed by atoms with Crippen molar-refractivity contribution in [2.45, 2.75) is 12.8 Å². The van der Waals surface area contributed by atoms with Gasteiger partial charge in [-0.15, -0.1) is 0 Å². The van der Waals surface area contributed by atoms with Gasteiger partial charge < -0.3 is 10.2 Å². The van der Waals surface area contributed by atoms with Gasteiger partial charge in [-0.05, 0) is 42.3 Å². The molecular weight excluding hydrogens is 350 g/mol. The van der Waals surface area contributed by atoms with Gasteiger partial charge in [-0.1, -0.05) is 29.8 Å². The van der Waals surface area contributed by atoms with Crippen molar-refractivity contribution in [1.82, 2.24) is 5.32 Å². The quantitative estimate of drug-likeness (QED) is 0.883. The second-order valence-electron chi connectivity index (χ2n) is 6.24. The molecule has 0 aromatic heterocycles. The number of benzene rings is 2. The highest BCUT2D eigenvalue weighted by Crippen LogP contribution is 2.25. The lowest BCUT2D eigenvalue weighted by Crippen LogP contribution is -2.34. The molecule has 1 saturated heterocycles. The fourth-order valence-electron chi connectivity index (χ4n) is 3.04. The number of nitrogens with zero attached hydrogens (tertiary/aromatic N) is 2. The summed E-state index contributed by atoms with van der Waals surface area (Å²) >= 11 is 5.95. The van der Waals surface area contributed by atoms with Crippen molar-refractivity contribution in [1.29, 1.82) is 5.26 Å². The Morgan fingerprint density at radius 1 is 1.27 bits per heavy atom. The van der Waals surface area contributed by atoms with Crippen molar-refractivity contribution in [3.63, 3.8) is 0 Å². The predicted octanol–water partition coefficient (Wildman–Crippen LogP) is 2.92. The molecule has 1 heterocycles. The van der Waals surface area contributed by atoms with Crippen molar-refractivity contribution >= 4 is 29.1 Å². The Bertz CT molecular complexity index is 875. The fraction of sp³-hybridized carbons (Fsp3) is 0.250. The minimum Gasteiger partial charge on any atom is -0.355 e. The van der Waals surface area contributed by atoms with Gasteiger partial charge in [0.05, 0.1) is 17.6 Å². The second kappa shape index (κ2) is 8.03. The van der Waals surface area contributed by atoms with Crippen LogP contribution in [0.2, 0.25) is 5.02 Å². The molecule has 1 N–H and O–H groups in total. The summed E-state index contributed by atoms with van der Waals surface area (Å²) in [5.41, 5.74) is 2.20. The zero-order chi connectivity index (χ0) is 18.5. The first-order valence-corrected chi connectivity index (χ1v) is 8.77. The van der Waals surface area contributed by atoms with Crippen LogP contribution in [-0.2, 0) is 16.0 Å². The topological polar surface area (TPSA) is 73.2 Å². The molecule has 0 aliphatic carbocycles. The Morgan fingerprint density at radius 3 is 2.85 bits per heavy atom. The summed E-state index contributed by atoms with van der Waals surface area (Å²) in [5, 5.41) is 12.6. The fourth-order valence-corrected chi connectivity index (χ4v) is 3.26. The number of nitrogens with one attached hydrogen (secondary N) is 1. The second-order valence-corrected chi connectivity index (χ2v) is 6.67. The minimum absolute atomic E-state index is 0.102. The van der Waals surface area contributed by atoms with Crippen LogP contribution in [0.1, 0.15) is 17.5 Å². The largest absolute Gasteiger partial charge is 0.355 e. The molecule has 2 amide bonds. The molecule has 2 aromatic carbocycles. The number of anilines is 1. The van der Waals surface area contributed by atoms with E-state index >= 15 is 0 Å². The minimum atomic E-state index is -0.382. The van der Waals surface area contributed by atoms with Crippen molar-refractivity contribution in [3.05, 3.63) is 64.7 Å². The van der Waals surface area contributed by atoms with Crippen LogP contribution in [0.15, 0.2) is 48.5 Å². The number of amides is 2. The molecule has 3 rings (SSSR count). The van der Waals surface area contributed by atoms with Crippen LogP contribution in [-0.4, -0.2) is 24.9 Å². The molecule has 5 nitrogen and oxygen atoms in total. The van der Waals surface area contributed by atoms with Crippen molar-refractivity contribution in [2.24, 2.45) is 5.92 Å². The SMILES string of the molecule is N#Cc1cccc(N2CC(C(=O)NCCc3cccc(Cl)c3)CC2=O)c1. The maximum absolute atomic E-state index is 12.4. The van der Waals surface area contributed by atoms with Gasteiger partial charge in [0.15, 0.2) is 0 Å². The number of hydrogen-bond acceptors (Lipinski definition) is 3. The molecule has 2 aromatic rings. The van der Waals surface area contributed by atoms with Crippen LogP contribution in [0.25, 0.3) is 0 Å². The molecule has 132 valence electrons. The third kappa shape index (κ3) is 4.22. The van der Waals surface area contributed by atoms with Crippen molar-refractivity contribution < 1.29 is 9.59 Å². The lowest BCUT2D eigenvalue weighted by Gasteiger charge is -2.17. The first-order valence-electron chi connectivity index (χ1n) is 8.39. The Labute approximate surface area is 157 Å². The number of nitriles is 1. The first kappa shape index (κ1) is 18.0. The van der Waals surface area contributed by atoms with E-state index in [1.165, 1.54) is 0 Å². The first-order chi connectivity index (χ1) is 12.6. The van der Waals surface area contributed by atoms with Crippen LogP contribution in [0.5, 0.6) is 0 Å². The van der Waals surface area contributed by atoms with E-state index in [4.69, 9.17) is 16.9 Å². The highest BCUT2D eigenvalue weighted by atomic mass is 35.5. The standard InChI is InChI=1S/C20H18ClN3O2/c21-17-5-1-3-14(9-17)7-8-23-20(26)16-11-19(25)24(13-16)18-6-2-4-15(10-18)12-22/h1-6,9-10,16H,7-8,11,13H2,(H,23,26). The number of carbonyl (C=O) groups excluding carboxylic acids is 2. The van der Waals surface area contributed by atoms with Gasteiger partial charge in [0, 0.05) is 30.2 Å². The van der Waals surface area contributed by atoms with Gasteiger partial charge in [-0.2, -0.15) is 5.26 Å². The molecule has 1 unspecified atom stereocenters. The highest BCUT2D eigenvalue weighted by molar-refractivity contribution is 6.30. The molecule has 26 heavy (non-hydrogen) atoms. The lowest BCUT2D eigenvalue weighted by atomic mass is 10.1. The van der Waals surface area contributed by atoms with Gasteiger partial charge in [-0.25, -0.2) is 0 Å². The number of hydrogen-bond donors (Lipinski definition) is 1. The predicted molar refractivity (Wildman–Crippen MR) is 99.8 cm³/mol. The Hall–Kier alpha value is -2.84. The van der Waals surface area contributed by atoms with E-state index in [0.717, 1.165) is 5.56 Å². The maximum Gasteiger partial charge on any atom is 0.227 e. The van der Waals surface area contributed by atoms with Crippen LogP contribution >= 0.6 is 11.6 Å².